The van der Waals surface area contributed by atoms with Gasteiger partial charge in [0.05, 0.1) is 10.2 Å². The zero-order valence-electron chi connectivity index (χ0n) is 7.49. The molecule has 0 saturated carbocycles. The molecular formula is C9H15NOSi. The maximum atomic E-state index is 5.83. The van der Waals surface area contributed by atoms with Crippen LogP contribution in [0.5, 0.6) is 0 Å². The molecule has 1 unspecified atom stereocenters. The Morgan fingerprint density at radius 1 is 1.25 bits per heavy atom. The van der Waals surface area contributed by atoms with Gasteiger partial charge in [-0.1, -0.05) is 0 Å². The van der Waals surface area contributed by atoms with E-state index in [-0.39, 0.29) is 5.35 Å². The minimum Gasteiger partial charge on any atom is -0.360 e. The highest BCUT2D eigenvalue weighted by Gasteiger charge is 2.27. The van der Waals surface area contributed by atoms with Gasteiger partial charge in [-0.3, -0.25) is 0 Å². The van der Waals surface area contributed by atoms with E-state index in [0.717, 1.165) is 16.8 Å². The van der Waals surface area contributed by atoms with Crippen molar-refractivity contribution in [2.45, 2.75) is 24.6 Å². The fourth-order valence-electron chi connectivity index (χ4n) is 1.77. The van der Waals surface area contributed by atoms with Crippen LogP contribution in [0.4, 0.5) is 0 Å². The lowest BCUT2D eigenvalue weighted by Crippen LogP contribution is -2.39. The van der Waals surface area contributed by atoms with Crippen molar-refractivity contribution in [3.63, 3.8) is 0 Å². The molecule has 3 heteroatoms. The van der Waals surface area contributed by atoms with Gasteiger partial charge in [0, 0.05) is 19.0 Å². The molecule has 1 aliphatic rings. The molecular weight excluding hydrogens is 166 g/mol. The highest BCUT2D eigenvalue weighted by Crippen LogP contribution is 2.26. The monoisotopic (exact) mass is 181 g/mol. The van der Waals surface area contributed by atoms with E-state index in [1.807, 2.05) is 0 Å². The maximum absolute atomic E-state index is 5.83. The zero-order valence-corrected chi connectivity index (χ0v) is 9.49. The third-order valence-corrected chi connectivity index (χ3v) is 3.90. The van der Waals surface area contributed by atoms with E-state index in [1.54, 1.807) is 0 Å². The fourth-order valence-corrected chi connectivity index (χ4v) is 2.63. The van der Waals surface area contributed by atoms with E-state index < -0.39 is 0 Å². The smallest absolute Gasteiger partial charge is 0.118 e. The molecule has 1 saturated heterocycles. The Labute approximate surface area is 76.0 Å². The maximum Gasteiger partial charge on any atom is 0.118 e. The molecule has 12 heavy (non-hydrogen) atoms. The molecule has 0 aliphatic carbocycles. The molecule has 0 N–H and O–H groups in total. The standard InChI is InChI=1S/C9H15NOSi/c12-9(5-1-4-8-11-9)10-6-2-3-7-10/h2-3,6-7H,1,4-5,8H2,12H3. The number of rotatable bonds is 1. The van der Waals surface area contributed by atoms with Crippen molar-refractivity contribution < 1.29 is 4.74 Å². The van der Waals surface area contributed by atoms with Crippen LogP contribution in [0.15, 0.2) is 24.5 Å². The quantitative estimate of drug-likeness (QED) is 0.581. The summed E-state index contributed by atoms with van der Waals surface area (Å²) in [5, 5.41) is 0.0573. The zero-order chi connectivity index (χ0) is 8.44. The summed E-state index contributed by atoms with van der Waals surface area (Å²) in [6.07, 6.45) is 7.94. The number of hydrogen-bond acceptors (Lipinski definition) is 1. The summed E-state index contributed by atoms with van der Waals surface area (Å²) < 4.78 is 8.06. The van der Waals surface area contributed by atoms with Gasteiger partial charge < -0.3 is 9.30 Å². The Bertz CT molecular complexity index is 239. The van der Waals surface area contributed by atoms with Gasteiger partial charge in [-0.25, -0.2) is 0 Å². The minimum absolute atomic E-state index is 0.0573. The van der Waals surface area contributed by atoms with Crippen LogP contribution < -0.4 is 0 Å². The van der Waals surface area contributed by atoms with Crippen LogP contribution in [0.1, 0.15) is 19.3 Å². The summed E-state index contributed by atoms with van der Waals surface area (Å²) in [4.78, 5) is 0. The molecule has 1 aromatic heterocycles. The van der Waals surface area contributed by atoms with Crippen LogP contribution in [0, 0.1) is 0 Å². The van der Waals surface area contributed by atoms with E-state index in [2.05, 4.69) is 29.1 Å². The second kappa shape index (κ2) is 3.07. The Kier molecular flexibility index (Phi) is 2.06. The van der Waals surface area contributed by atoms with Crippen molar-refractivity contribution in [3.8, 4) is 0 Å². The van der Waals surface area contributed by atoms with Crippen molar-refractivity contribution in [2.75, 3.05) is 6.61 Å². The van der Waals surface area contributed by atoms with E-state index in [9.17, 15) is 0 Å². The van der Waals surface area contributed by atoms with Crippen molar-refractivity contribution in [3.05, 3.63) is 24.5 Å². The second-order valence-electron chi connectivity index (χ2n) is 3.57. The number of hydrogen-bond donors (Lipinski definition) is 0. The van der Waals surface area contributed by atoms with Crippen LogP contribution >= 0.6 is 0 Å². The molecule has 2 heterocycles. The first-order valence-corrected chi connectivity index (χ1v) is 5.59. The molecule has 0 spiro atoms. The molecule has 0 radical (unpaired) electrons. The predicted octanol–water partition coefficient (Wildman–Crippen LogP) is 0.664. The van der Waals surface area contributed by atoms with Gasteiger partial charge in [0.1, 0.15) is 5.35 Å². The van der Waals surface area contributed by atoms with Crippen LogP contribution in [-0.4, -0.2) is 21.4 Å². The van der Waals surface area contributed by atoms with Gasteiger partial charge in [0.15, 0.2) is 0 Å². The molecule has 2 nitrogen and oxygen atoms in total. The van der Waals surface area contributed by atoms with E-state index in [1.165, 1.54) is 19.3 Å². The van der Waals surface area contributed by atoms with Crippen LogP contribution in [0.25, 0.3) is 0 Å². The lowest BCUT2D eigenvalue weighted by molar-refractivity contribution is -0.0709. The topological polar surface area (TPSA) is 14.2 Å². The lowest BCUT2D eigenvalue weighted by atomic mass is 10.2. The Morgan fingerprint density at radius 3 is 2.58 bits per heavy atom. The SMILES string of the molecule is [SiH3]C1(n2cccc2)CCCCO1. The van der Waals surface area contributed by atoms with E-state index >= 15 is 0 Å². The fraction of sp³-hybridized carbons (Fsp3) is 0.556. The van der Waals surface area contributed by atoms with Crippen molar-refractivity contribution >= 4 is 10.2 Å². The van der Waals surface area contributed by atoms with Gasteiger partial charge in [-0.2, -0.15) is 0 Å². The number of ether oxygens (including phenoxy) is 1. The highest BCUT2D eigenvalue weighted by molar-refractivity contribution is 6.12. The summed E-state index contributed by atoms with van der Waals surface area (Å²) >= 11 is 0. The first-order valence-electron chi connectivity index (χ1n) is 4.59. The third-order valence-electron chi connectivity index (χ3n) is 2.60. The Balaban J connectivity index is 2.19. The summed E-state index contributed by atoms with van der Waals surface area (Å²) in [6, 6.07) is 4.13. The average Bonchev–Trinajstić information content (AvgIpc) is 2.58. The number of nitrogens with zero attached hydrogens (tertiary/aromatic N) is 1. The molecule has 1 aromatic rings. The Morgan fingerprint density at radius 2 is 2.00 bits per heavy atom. The molecule has 2 rings (SSSR count). The summed E-state index contributed by atoms with van der Waals surface area (Å²) in [6.45, 7) is 0.932. The first kappa shape index (κ1) is 8.07. The van der Waals surface area contributed by atoms with Crippen LogP contribution in [0.3, 0.4) is 0 Å². The van der Waals surface area contributed by atoms with Gasteiger partial charge in [0.2, 0.25) is 0 Å². The molecule has 66 valence electrons. The van der Waals surface area contributed by atoms with E-state index in [0.29, 0.717) is 0 Å². The van der Waals surface area contributed by atoms with Crippen LogP contribution in [0.2, 0.25) is 0 Å². The Hall–Kier alpha value is -0.543. The van der Waals surface area contributed by atoms with Gasteiger partial charge in [-0.05, 0) is 31.4 Å². The molecule has 0 bridgehead atoms. The van der Waals surface area contributed by atoms with Gasteiger partial charge in [-0.15, -0.1) is 0 Å². The number of aromatic nitrogens is 1. The molecule has 0 aromatic carbocycles. The van der Waals surface area contributed by atoms with Crippen LogP contribution in [-0.2, 0) is 10.1 Å². The summed E-state index contributed by atoms with van der Waals surface area (Å²) in [7, 11) is 1.07. The third kappa shape index (κ3) is 1.34. The summed E-state index contributed by atoms with van der Waals surface area (Å²) in [5.74, 6) is 0. The predicted molar refractivity (Wildman–Crippen MR) is 52.1 cm³/mol. The van der Waals surface area contributed by atoms with Gasteiger partial charge in [0.25, 0.3) is 0 Å². The highest BCUT2D eigenvalue weighted by atomic mass is 28.1. The molecule has 1 aliphatic heterocycles. The first-order chi connectivity index (χ1) is 5.81. The van der Waals surface area contributed by atoms with Crippen molar-refractivity contribution in [2.24, 2.45) is 0 Å². The summed E-state index contributed by atoms with van der Waals surface area (Å²) in [5.41, 5.74) is 0. The molecule has 0 amide bonds. The largest absolute Gasteiger partial charge is 0.360 e. The van der Waals surface area contributed by atoms with Crippen molar-refractivity contribution in [1.29, 1.82) is 0 Å². The molecule has 1 atom stereocenters. The van der Waals surface area contributed by atoms with Gasteiger partial charge >= 0.3 is 0 Å². The average molecular weight is 181 g/mol. The van der Waals surface area contributed by atoms with E-state index in [4.69, 9.17) is 4.74 Å². The molecule has 1 fully saturated rings. The second-order valence-corrected chi connectivity index (χ2v) is 5.13. The normalized spacial score (nSPS) is 30.7. The minimum atomic E-state index is 0.0573. The lowest BCUT2D eigenvalue weighted by Gasteiger charge is -2.35. The van der Waals surface area contributed by atoms with Crippen molar-refractivity contribution in [1.82, 2.24) is 4.57 Å².